The van der Waals surface area contributed by atoms with Crippen molar-refractivity contribution in [3.8, 4) is 11.5 Å². The number of rotatable bonds is 6. The van der Waals surface area contributed by atoms with Crippen LogP contribution in [0.4, 0.5) is 0 Å². The minimum atomic E-state index is -4.03. The van der Waals surface area contributed by atoms with Crippen molar-refractivity contribution in [1.29, 1.82) is 0 Å². The van der Waals surface area contributed by atoms with E-state index in [1.807, 2.05) is 0 Å². The SMILES string of the molecule is O=S(=O)(Oc1ccccc1)c1cccc(OCC2CCNCC2)c1Cl. The molecular formula is C18H20ClNO4S. The van der Waals surface area contributed by atoms with E-state index in [9.17, 15) is 8.42 Å². The molecule has 1 aliphatic heterocycles. The molecule has 1 fully saturated rings. The van der Waals surface area contributed by atoms with E-state index in [1.54, 1.807) is 42.5 Å². The van der Waals surface area contributed by atoms with Crippen LogP contribution in [0.1, 0.15) is 12.8 Å². The Labute approximate surface area is 153 Å². The molecule has 0 radical (unpaired) electrons. The average Bonchev–Trinajstić information content (AvgIpc) is 2.62. The van der Waals surface area contributed by atoms with Crippen molar-refractivity contribution in [2.24, 2.45) is 5.92 Å². The molecule has 0 atom stereocenters. The fourth-order valence-corrected chi connectivity index (χ4v) is 4.18. The predicted molar refractivity (Wildman–Crippen MR) is 96.8 cm³/mol. The third-order valence-electron chi connectivity index (χ3n) is 4.08. The maximum atomic E-state index is 12.5. The highest BCUT2D eigenvalue weighted by Gasteiger charge is 2.23. The van der Waals surface area contributed by atoms with Crippen LogP contribution in [-0.4, -0.2) is 28.1 Å². The fourth-order valence-electron chi connectivity index (χ4n) is 2.70. The summed E-state index contributed by atoms with van der Waals surface area (Å²) in [6.45, 7) is 2.46. The van der Waals surface area contributed by atoms with Crippen molar-refractivity contribution in [2.45, 2.75) is 17.7 Å². The summed E-state index contributed by atoms with van der Waals surface area (Å²) in [6, 6.07) is 13.0. The predicted octanol–water partition coefficient (Wildman–Crippen LogP) is 3.49. The van der Waals surface area contributed by atoms with Crippen molar-refractivity contribution in [1.82, 2.24) is 5.32 Å². The van der Waals surface area contributed by atoms with Crippen molar-refractivity contribution in [3.63, 3.8) is 0 Å². The molecule has 1 heterocycles. The third-order valence-corrected chi connectivity index (χ3v) is 5.87. The van der Waals surface area contributed by atoms with Crippen molar-refractivity contribution < 1.29 is 17.3 Å². The maximum absolute atomic E-state index is 12.5. The number of piperidine rings is 1. The second-order valence-corrected chi connectivity index (χ2v) is 7.82. The molecule has 2 aromatic rings. The standard InChI is InChI=1S/C18H20ClNO4S/c19-18-16(23-13-14-9-11-20-12-10-14)7-4-8-17(18)25(21,22)24-15-5-2-1-3-6-15/h1-8,14,20H,9-13H2. The van der Waals surface area contributed by atoms with Crippen LogP contribution in [0.15, 0.2) is 53.4 Å². The molecule has 0 saturated carbocycles. The van der Waals surface area contributed by atoms with Crippen LogP contribution in [0.5, 0.6) is 11.5 Å². The molecule has 0 bridgehead atoms. The van der Waals surface area contributed by atoms with Gasteiger partial charge in [0, 0.05) is 0 Å². The quantitative estimate of drug-likeness (QED) is 0.776. The lowest BCUT2D eigenvalue weighted by molar-refractivity contribution is 0.215. The van der Waals surface area contributed by atoms with E-state index in [2.05, 4.69) is 5.32 Å². The summed E-state index contributed by atoms with van der Waals surface area (Å²) < 4.78 is 35.9. The molecule has 0 unspecified atom stereocenters. The monoisotopic (exact) mass is 381 g/mol. The highest BCUT2D eigenvalue weighted by molar-refractivity contribution is 7.87. The number of hydrogen-bond donors (Lipinski definition) is 1. The Kier molecular flexibility index (Phi) is 5.83. The molecule has 0 aromatic heterocycles. The second-order valence-electron chi connectivity index (χ2n) is 5.92. The molecule has 0 spiro atoms. The Hall–Kier alpha value is -1.76. The molecule has 0 amide bonds. The lowest BCUT2D eigenvalue weighted by Crippen LogP contribution is -2.30. The van der Waals surface area contributed by atoms with Gasteiger partial charge >= 0.3 is 10.1 Å². The Morgan fingerprint density at radius 3 is 2.48 bits per heavy atom. The van der Waals surface area contributed by atoms with Gasteiger partial charge in [-0.1, -0.05) is 35.9 Å². The Morgan fingerprint density at radius 1 is 1.04 bits per heavy atom. The summed E-state index contributed by atoms with van der Waals surface area (Å²) in [5, 5.41) is 3.35. The molecule has 3 rings (SSSR count). The number of benzene rings is 2. The molecule has 5 nitrogen and oxygen atoms in total. The van der Waals surface area contributed by atoms with E-state index in [0.717, 1.165) is 25.9 Å². The van der Waals surface area contributed by atoms with Crippen LogP contribution in [-0.2, 0) is 10.1 Å². The Bertz CT molecular complexity index is 805. The summed E-state index contributed by atoms with van der Waals surface area (Å²) in [5.74, 6) is 1.04. The average molecular weight is 382 g/mol. The number of nitrogens with one attached hydrogen (secondary N) is 1. The van der Waals surface area contributed by atoms with Crippen LogP contribution >= 0.6 is 11.6 Å². The van der Waals surface area contributed by atoms with Crippen molar-refractivity contribution in [3.05, 3.63) is 53.6 Å². The number of halogens is 1. The lowest BCUT2D eigenvalue weighted by atomic mass is 9.99. The van der Waals surface area contributed by atoms with Gasteiger partial charge in [0.05, 0.1) is 6.61 Å². The molecule has 134 valence electrons. The maximum Gasteiger partial charge on any atom is 0.340 e. The van der Waals surface area contributed by atoms with Gasteiger partial charge in [0.15, 0.2) is 0 Å². The molecule has 0 aliphatic carbocycles. The van der Waals surface area contributed by atoms with Crippen molar-refractivity contribution >= 4 is 21.7 Å². The number of hydrogen-bond acceptors (Lipinski definition) is 5. The van der Waals surface area contributed by atoms with Gasteiger partial charge in [0.25, 0.3) is 0 Å². The fraction of sp³-hybridized carbons (Fsp3) is 0.333. The van der Waals surface area contributed by atoms with Crippen LogP contribution in [0, 0.1) is 5.92 Å². The van der Waals surface area contributed by atoms with Gasteiger partial charge in [0.2, 0.25) is 0 Å². The zero-order valence-electron chi connectivity index (χ0n) is 13.7. The van der Waals surface area contributed by atoms with E-state index in [1.165, 1.54) is 6.07 Å². The first-order valence-corrected chi connectivity index (χ1v) is 9.96. The first kappa shape index (κ1) is 18.0. The molecule has 1 aliphatic rings. The highest BCUT2D eigenvalue weighted by Crippen LogP contribution is 2.33. The van der Waals surface area contributed by atoms with Crippen molar-refractivity contribution in [2.75, 3.05) is 19.7 Å². The summed E-state index contributed by atoms with van der Waals surface area (Å²) in [5.41, 5.74) is 0. The van der Waals surface area contributed by atoms with Gasteiger partial charge in [-0.15, -0.1) is 0 Å². The van der Waals surface area contributed by atoms with E-state index in [-0.39, 0.29) is 15.7 Å². The summed E-state index contributed by atoms with van der Waals surface area (Å²) in [6.07, 6.45) is 2.07. The summed E-state index contributed by atoms with van der Waals surface area (Å²) in [4.78, 5) is -0.0965. The lowest BCUT2D eigenvalue weighted by Gasteiger charge is -2.23. The van der Waals surface area contributed by atoms with Crippen LogP contribution in [0.2, 0.25) is 5.02 Å². The van der Waals surface area contributed by atoms with Gasteiger partial charge in [-0.3, -0.25) is 0 Å². The molecule has 1 N–H and O–H groups in total. The number of ether oxygens (including phenoxy) is 1. The van der Waals surface area contributed by atoms with Crippen LogP contribution in [0.25, 0.3) is 0 Å². The van der Waals surface area contributed by atoms with Gasteiger partial charge in [-0.25, -0.2) is 0 Å². The van der Waals surface area contributed by atoms with Crippen LogP contribution in [0.3, 0.4) is 0 Å². The molecule has 7 heteroatoms. The highest BCUT2D eigenvalue weighted by atomic mass is 35.5. The Morgan fingerprint density at radius 2 is 1.76 bits per heavy atom. The molecular weight excluding hydrogens is 362 g/mol. The van der Waals surface area contributed by atoms with E-state index >= 15 is 0 Å². The van der Waals surface area contributed by atoms with Gasteiger partial charge in [0.1, 0.15) is 21.4 Å². The molecule has 2 aromatic carbocycles. The first-order valence-electron chi connectivity index (χ1n) is 8.18. The first-order chi connectivity index (χ1) is 12.1. The molecule has 25 heavy (non-hydrogen) atoms. The minimum absolute atomic E-state index is 0.0485. The molecule has 1 saturated heterocycles. The summed E-state index contributed by atoms with van der Waals surface area (Å²) >= 11 is 6.28. The van der Waals surface area contributed by atoms with Gasteiger partial charge < -0.3 is 14.2 Å². The normalized spacial score (nSPS) is 15.7. The van der Waals surface area contributed by atoms with Crippen LogP contribution < -0.4 is 14.2 Å². The zero-order chi connectivity index (χ0) is 17.7. The minimum Gasteiger partial charge on any atom is -0.492 e. The van der Waals surface area contributed by atoms with Gasteiger partial charge in [-0.05, 0) is 56.1 Å². The topological polar surface area (TPSA) is 64.6 Å². The second kappa shape index (κ2) is 8.08. The van der Waals surface area contributed by atoms with E-state index in [0.29, 0.717) is 18.3 Å². The summed E-state index contributed by atoms with van der Waals surface area (Å²) in [7, 11) is -4.03. The van der Waals surface area contributed by atoms with Gasteiger partial charge in [-0.2, -0.15) is 8.42 Å². The zero-order valence-corrected chi connectivity index (χ0v) is 15.2. The van der Waals surface area contributed by atoms with E-state index < -0.39 is 10.1 Å². The largest absolute Gasteiger partial charge is 0.492 e. The number of para-hydroxylation sites is 1. The van der Waals surface area contributed by atoms with E-state index in [4.69, 9.17) is 20.5 Å². The Balaban J connectivity index is 1.75. The smallest absolute Gasteiger partial charge is 0.340 e. The third kappa shape index (κ3) is 4.66.